The molecule has 1 atom stereocenters. The Morgan fingerprint density at radius 1 is 1.31 bits per heavy atom. The summed E-state index contributed by atoms with van der Waals surface area (Å²) in [6, 6.07) is 6.54. The summed E-state index contributed by atoms with van der Waals surface area (Å²) in [5, 5.41) is 6.72. The Bertz CT molecular complexity index is 296. The maximum absolute atomic E-state index is 12.6. The molecule has 1 aromatic rings. The third-order valence-electron chi connectivity index (χ3n) is 2.84. The zero-order valence-electron chi connectivity index (χ0n) is 9.30. The molecule has 90 valence electrons. The molecule has 1 aliphatic heterocycles. The minimum absolute atomic E-state index is 0. The van der Waals surface area contributed by atoms with Crippen LogP contribution in [0.4, 0.5) is 10.1 Å². The van der Waals surface area contributed by atoms with Crippen molar-refractivity contribution in [3.63, 3.8) is 0 Å². The van der Waals surface area contributed by atoms with Gasteiger partial charge in [-0.25, -0.2) is 4.39 Å². The highest BCUT2D eigenvalue weighted by molar-refractivity contribution is 7.59. The van der Waals surface area contributed by atoms with Gasteiger partial charge in [0.05, 0.1) is 0 Å². The van der Waals surface area contributed by atoms with Crippen molar-refractivity contribution in [2.24, 2.45) is 5.92 Å². The molecule has 1 aliphatic rings. The van der Waals surface area contributed by atoms with Crippen molar-refractivity contribution in [3.8, 4) is 0 Å². The first-order valence-corrected chi connectivity index (χ1v) is 5.55. The van der Waals surface area contributed by atoms with Crippen molar-refractivity contribution >= 4 is 19.2 Å². The van der Waals surface area contributed by atoms with E-state index in [9.17, 15) is 4.39 Å². The molecule has 0 radical (unpaired) electrons. The molecule has 1 saturated heterocycles. The summed E-state index contributed by atoms with van der Waals surface area (Å²) >= 11 is 0. The second-order valence-electron chi connectivity index (χ2n) is 4.10. The fourth-order valence-electron chi connectivity index (χ4n) is 1.93. The molecule has 0 amide bonds. The van der Waals surface area contributed by atoms with E-state index in [1.165, 1.54) is 25.0 Å². The van der Waals surface area contributed by atoms with E-state index in [1.807, 2.05) is 0 Å². The number of nitrogens with one attached hydrogen (secondary N) is 2. The number of halogens is 1. The predicted molar refractivity (Wildman–Crippen MR) is 70.9 cm³/mol. The average Bonchev–Trinajstić information content (AvgIpc) is 2.30. The van der Waals surface area contributed by atoms with Crippen molar-refractivity contribution < 1.29 is 4.39 Å². The van der Waals surface area contributed by atoms with Crippen LogP contribution < -0.4 is 10.6 Å². The second-order valence-corrected chi connectivity index (χ2v) is 4.10. The zero-order valence-corrected chi connectivity index (χ0v) is 10.3. The normalized spacial score (nSPS) is 19.9. The van der Waals surface area contributed by atoms with Crippen LogP contribution in [0.15, 0.2) is 24.3 Å². The van der Waals surface area contributed by atoms with E-state index in [-0.39, 0.29) is 19.3 Å². The molecule has 4 heteroatoms. The lowest BCUT2D eigenvalue weighted by atomic mass is 10.00. The van der Waals surface area contributed by atoms with Crippen LogP contribution in [0, 0.1) is 11.7 Å². The Morgan fingerprint density at radius 2 is 2.06 bits per heavy atom. The first-order valence-electron chi connectivity index (χ1n) is 5.55. The first kappa shape index (κ1) is 13.3. The average molecular weight is 242 g/mol. The lowest BCUT2D eigenvalue weighted by Gasteiger charge is -2.23. The Labute approximate surface area is 103 Å². The molecule has 0 unspecified atom stereocenters. The van der Waals surface area contributed by atoms with E-state index >= 15 is 0 Å². The fraction of sp³-hybridized carbons (Fsp3) is 0.500. The van der Waals surface area contributed by atoms with Gasteiger partial charge in [-0.2, -0.15) is 13.5 Å². The number of anilines is 1. The summed E-state index contributed by atoms with van der Waals surface area (Å²) in [4.78, 5) is 0. The van der Waals surface area contributed by atoms with E-state index in [2.05, 4.69) is 10.6 Å². The molecular weight excluding hydrogens is 223 g/mol. The van der Waals surface area contributed by atoms with Crippen molar-refractivity contribution in [1.82, 2.24) is 5.32 Å². The van der Waals surface area contributed by atoms with Crippen LogP contribution in [0.1, 0.15) is 12.8 Å². The quantitative estimate of drug-likeness (QED) is 0.850. The van der Waals surface area contributed by atoms with E-state index < -0.39 is 0 Å². The van der Waals surface area contributed by atoms with Gasteiger partial charge in [-0.15, -0.1) is 0 Å². The van der Waals surface area contributed by atoms with Gasteiger partial charge in [-0.3, -0.25) is 0 Å². The summed E-state index contributed by atoms with van der Waals surface area (Å²) in [7, 11) is 0. The molecule has 0 aliphatic carbocycles. The number of piperidine rings is 1. The molecule has 0 bridgehead atoms. The van der Waals surface area contributed by atoms with Crippen molar-refractivity contribution in [2.45, 2.75) is 12.8 Å². The van der Waals surface area contributed by atoms with Gasteiger partial charge in [-0.1, -0.05) is 0 Å². The molecule has 0 spiro atoms. The molecule has 2 nitrogen and oxygen atoms in total. The standard InChI is InChI=1S/C12H17FN2.H2S/c13-11-3-5-12(6-4-11)15-9-10-2-1-7-14-8-10;/h3-6,10,14-15H,1-2,7-9H2;1H2/t10-;/m0./s1. The molecule has 2 N–H and O–H groups in total. The summed E-state index contributed by atoms with van der Waals surface area (Å²) in [6.07, 6.45) is 2.54. The molecule has 0 saturated carbocycles. The SMILES string of the molecule is Fc1ccc(NC[C@H]2CCCNC2)cc1.S. The van der Waals surface area contributed by atoms with Crippen LogP contribution in [0.2, 0.25) is 0 Å². The van der Waals surface area contributed by atoms with Gasteiger partial charge in [0, 0.05) is 12.2 Å². The van der Waals surface area contributed by atoms with Gasteiger partial charge in [0.25, 0.3) is 0 Å². The molecule has 1 heterocycles. The van der Waals surface area contributed by atoms with Crippen molar-refractivity contribution in [2.75, 3.05) is 25.0 Å². The number of rotatable bonds is 3. The molecular formula is C12H19FN2S. The minimum Gasteiger partial charge on any atom is -0.385 e. The molecule has 1 aromatic carbocycles. The van der Waals surface area contributed by atoms with Gasteiger partial charge in [0.15, 0.2) is 0 Å². The Morgan fingerprint density at radius 3 is 2.69 bits per heavy atom. The van der Waals surface area contributed by atoms with E-state index in [1.54, 1.807) is 12.1 Å². The Balaban J connectivity index is 0.00000128. The highest BCUT2D eigenvalue weighted by Crippen LogP contribution is 2.13. The third-order valence-corrected chi connectivity index (χ3v) is 2.84. The van der Waals surface area contributed by atoms with Crippen LogP contribution in [0.5, 0.6) is 0 Å². The van der Waals surface area contributed by atoms with Crippen LogP contribution in [-0.4, -0.2) is 19.6 Å². The highest BCUT2D eigenvalue weighted by Gasteiger charge is 2.11. The Hall–Kier alpha value is -0.740. The minimum atomic E-state index is -0.181. The summed E-state index contributed by atoms with van der Waals surface area (Å²) in [6.45, 7) is 3.21. The fourth-order valence-corrected chi connectivity index (χ4v) is 1.93. The maximum Gasteiger partial charge on any atom is 0.123 e. The van der Waals surface area contributed by atoms with Gasteiger partial charge in [0.2, 0.25) is 0 Å². The smallest absolute Gasteiger partial charge is 0.123 e. The lowest BCUT2D eigenvalue weighted by Crippen LogP contribution is -2.33. The first-order chi connectivity index (χ1) is 7.34. The number of hydrogen-bond acceptors (Lipinski definition) is 2. The predicted octanol–water partition coefficient (Wildman–Crippen LogP) is 2.35. The number of benzene rings is 1. The molecule has 0 aromatic heterocycles. The largest absolute Gasteiger partial charge is 0.385 e. The third kappa shape index (κ3) is 4.02. The van der Waals surface area contributed by atoms with Gasteiger partial charge in [0.1, 0.15) is 5.82 Å². The van der Waals surface area contributed by atoms with Crippen LogP contribution in [-0.2, 0) is 0 Å². The van der Waals surface area contributed by atoms with E-state index in [4.69, 9.17) is 0 Å². The second kappa shape index (κ2) is 6.76. The summed E-state index contributed by atoms with van der Waals surface area (Å²) in [5.74, 6) is 0.517. The monoisotopic (exact) mass is 242 g/mol. The highest BCUT2D eigenvalue weighted by atomic mass is 32.1. The van der Waals surface area contributed by atoms with Crippen molar-refractivity contribution in [1.29, 1.82) is 0 Å². The molecule has 1 fully saturated rings. The van der Waals surface area contributed by atoms with Gasteiger partial charge < -0.3 is 10.6 Å². The van der Waals surface area contributed by atoms with Crippen LogP contribution >= 0.6 is 13.5 Å². The van der Waals surface area contributed by atoms with Crippen LogP contribution in [0.25, 0.3) is 0 Å². The van der Waals surface area contributed by atoms with Crippen LogP contribution in [0.3, 0.4) is 0 Å². The van der Waals surface area contributed by atoms with Crippen molar-refractivity contribution in [3.05, 3.63) is 30.1 Å². The lowest BCUT2D eigenvalue weighted by molar-refractivity contribution is 0.393. The summed E-state index contributed by atoms with van der Waals surface area (Å²) < 4.78 is 12.6. The summed E-state index contributed by atoms with van der Waals surface area (Å²) in [5.41, 5.74) is 1.00. The van der Waals surface area contributed by atoms with E-state index in [0.717, 1.165) is 25.3 Å². The van der Waals surface area contributed by atoms with E-state index in [0.29, 0.717) is 5.92 Å². The Kier molecular flexibility index (Phi) is 5.63. The van der Waals surface area contributed by atoms with Gasteiger partial charge >= 0.3 is 0 Å². The zero-order chi connectivity index (χ0) is 10.5. The topological polar surface area (TPSA) is 24.1 Å². The number of hydrogen-bond donors (Lipinski definition) is 2. The van der Waals surface area contributed by atoms with Gasteiger partial charge in [-0.05, 0) is 56.1 Å². The maximum atomic E-state index is 12.6. The molecule has 16 heavy (non-hydrogen) atoms. The molecule has 2 rings (SSSR count).